The van der Waals surface area contributed by atoms with Crippen LogP contribution < -0.4 is 4.90 Å². The molecule has 0 aliphatic carbocycles. The van der Waals surface area contributed by atoms with Gasteiger partial charge in [0.05, 0.1) is 50.2 Å². The second-order valence-corrected chi connectivity index (χ2v) is 14.7. The molecule has 2 aromatic carbocycles. The fraction of sp³-hybridized carbons (Fsp3) is 0.281. The number of esters is 4. The number of non-ortho nitro benzene ring substituents is 1. The molecule has 1 amide bonds. The normalized spacial score (nSPS) is 17.4. The molecule has 0 fully saturated rings. The van der Waals surface area contributed by atoms with Crippen molar-refractivity contribution in [1.29, 1.82) is 0 Å². The quantitative estimate of drug-likeness (QED) is 0.167. The average molecular weight is 713 g/mol. The minimum Gasteiger partial charge on any atom is -0.466 e. The summed E-state index contributed by atoms with van der Waals surface area (Å²) in [4.78, 5) is 80.2. The Bertz CT molecular complexity index is 1880. The van der Waals surface area contributed by atoms with Crippen molar-refractivity contribution in [2.24, 2.45) is 0 Å². The first kappa shape index (κ1) is 34.8. The average Bonchev–Trinajstić information content (AvgIpc) is 3.46. The minimum atomic E-state index is -1.72. The first-order valence-electron chi connectivity index (χ1n) is 14.0. The number of methoxy groups -OCH3 is 4. The standard InChI is InChI=1S/C32H28N2O11S3/c1-15-8-13-19-18(14-15)20-25(31(2,3)33(19)26(35)16-9-11-17(12-10-16)34(40)41)46-22(28(37)43-5)21(27(36)42-4)32(20)47-23(29(38)44-6)24(48-32)30(39)45-7/h8-14H,1-7H3. The lowest BCUT2D eigenvalue weighted by molar-refractivity contribution is -0.384. The lowest BCUT2D eigenvalue weighted by atomic mass is 9.82. The molecule has 0 bridgehead atoms. The van der Waals surface area contributed by atoms with Gasteiger partial charge in [0.25, 0.3) is 11.6 Å². The number of amides is 1. The van der Waals surface area contributed by atoms with Gasteiger partial charge >= 0.3 is 23.9 Å². The van der Waals surface area contributed by atoms with Crippen molar-refractivity contribution >= 4 is 82.0 Å². The third-order valence-electron chi connectivity index (χ3n) is 7.82. The van der Waals surface area contributed by atoms with Crippen LogP contribution in [-0.4, -0.2) is 72.8 Å². The zero-order valence-corrected chi connectivity index (χ0v) is 29.1. The van der Waals surface area contributed by atoms with E-state index in [1.807, 2.05) is 6.92 Å². The second-order valence-electron chi connectivity index (χ2n) is 11.0. The molecule has 3 aliphatic heterocycles. The van der Waals surface area contributed by atoms with Crippen LogP contribution in [0.5, 0.6) is 0 Å². The SMILES string of the molecule is COC(=O)C1=C(C(=O)OC)SC2(S1)C(C(=O)OC)=C(C(=O)OC)SC1=C2c2cc(C)ccc2N(C(=O)c2ccc([N+](=O)[O-])cc2)C1(C)C. The van der Waals surface area contributed by atoms with Crippen LogP contribution in [0.4, 0.5) is 11.4 Å². The summed E-state index contributed by atoms with van der Waals surface area (Å²) in [6, 6.07) is 10.5. The lowest BCUT2D eigenvalue weighted by Gasteiger charge is -2.50. The van der Waals surface area contributed by atoms with Crippen LogP contribution in [0.2, 0.25) is 0 Å². The first-order chi connectivity index (χ1) is 22.7. The van der Waals surface area contributed by atoms with Crippen LogP contribution in [0.15, 0.2) is 67.7 Å². The number of thioether (sulfide) groups is 3. The van der Waals surface area contributed by atoms with E-state index in [1.54, 1.807) is 32.0 Å². The van der Waals surface area contributed by atoms with Gasteiger partial charge in [-0.25, -0.2) is 19.2 Å². The van der Waals surface area contributed by atoms with E-state index in [-0.39, 0.29) is 31.5 Å². The van der Waals surface area contributed by atoms with Crippen molar-refractivity contribution in [2.45, 2.75) is 30.4 Å². The number of rotatable bonds is 6. The summed E-state index contributed by atoms with van der Waals surface area (Å²) in [6.07, 6.45) is 0. The van der Waals surface area contributed by atoms with E-state index in [1.165, 1.54) is 29.2 Å². The molecular weight excluding hydrogens is 685 g/mol. The number of hydrogen-bond donors (Lipinski definition) is 0. The summed E-state index contributed by atoms with van der Waals surface area (Å²) in [5.41, 5.74) is 0.596. The van der Waals surface area contributed by atoms with Gasteiger partial charge in [0.1, 0.15) is 18.8 Å². The van der Waals surface area contributed by atoms with E-state index in [2.05, 4.69) is 0 Å². The Labute approximate surface area is 287 Å². The van der Waals surface area contributed by atoms with E-state index in [9.17, 15) is 34.1 Å². The predicted molar refractivity (Wildman–Crippen MR) is 180 cm³/mol. The highest BCUT2D eigenvalue weighted by molar-refractivity contribution is 8.26. The lowest BCUT2D eigenvalue weighted by Crippen LogP contribution is -2.53. The third kappa shape index (κ3) is 5.37. The van der Waals surface area contributed by atoms with Gasteiger partial charge in [0, 0.05) is 33.7 Å². The molecule has 0 saturated carbocycles. The Balaban J connectivity index is 1.86. The number of fused-ring (bicyclic) bond motifs is 3. The monoisotopic (exact) mass is 712 g/mol. The Kier molecular flexibility index (Phi) is 9.29. The Morgan fingerprint density at radius 2 is 1.29 bits per heavy atom. The second kappa shape index (κ2) is 12.8. The van der Waals surface area contributed by atoms with E-state index >= 15 is 0 Å². The van der Waals surface area contributed by atoms with E-state index in [0.717, 1.165) is 69.3 Å². The van der Waals surface area contributed by atoms with Crippen LogP contribution >= 0.6 is 35.3 Å². The fourth-order valence-electron chi connectivity index (χ4n) is 5.65. The maximum Gasteiger partial charge on any atom is 0.345 e. The Morgan fingerprint density at radius 3 is 1.79 bits per heavy atom. The number of nitrogens with zero attached hydrogens (tertiary/aromatic N) is 2. The summed E-state index contributed by atoms with van der Waals surface area (Å²) in [7, 11) is 4.56. The number of benzene rings is 2. The topological polar surface area (TPSA) is 169 Å². The van der Waals surface area contributed by atoms with E-state index < -0.39 is 44.3 Å². The largest absolute Gasteiger partial charge is 0.466 e. The van der Waals surface area contributed by atoms with E-state index in [0.29, 0.717) is 21.7 Å². The van der Waals surface area contributed by atoms with Crippen molar-refractivity contribution in [3.05, 3.63) is 94.5 Å². The Hall–Kier alpha value is -4.54. The summed E-state index contributed by atoms with van der Waals surface area (Å²) in [5.74, 6) is -4.05. The number of anilines is 1. The van der Waals surface area contributed by atoms with Crippen molar-refractivity contribution in [3.8, 4) is 0 Å². The molecule has 3 aliphatic rings. The molecule has 13 nitrogen and oxygen atoms in total. The van der Waals surface area contributed by atoms with Crippen LogP contribution in [-0.2, 0) is 38.1 Å². The first-order valence-corrected chi connectivity index (χ1v) is 16.5. The smallest absolute Gasteiger partial charge is 0.345 e. The fourth-order valence-corrected chi connectivity index (χ4v) is 10.7. The van der Waals surface area contributed by atoms with Crippen molar-refractivity contribution in [3.63, 3.8) is 0 Å². The summed E-state index contributed by atoms with van der Waals surface area (Å²) in [6.45, 7) is 5.32. The van der Waals surface area contributed by atoms with Gasteiger partial charge < -0.3 is 18.9 Å². The van der Waals surface area contributed by atoms with Gasteiger partial charge in [0.15, 0.2) is 0 Å². The number of hydrogen-bond acceptors (Lipinski definition) is 14. The predicted octanol–water partition coefficient (Wildman–Crippen LogP) is 5.13. The highest BCUT2D eigenvalue weighted by Gasteiger charge is 2.61. The van der Waals surface area contributed by atoms with Gasteiger partial charge in [0.2, 0.25) is 0 Å². The van der Waals surface area contributed by atoms with Gasteiger partial charge in [-0.15, -0.1) is 0 Å². The maximum absolute atomic E-state index is 14.4. The Morgan fingerprint density at radius 1 is 0.771 bits per heavy atom. The van der Waals surface area contributed by atoms with Crippen LogP contribution in [0.3, 0.4) is 0 Å². The molecule has 250 valence electrons. The summed E-state index contributed by atoms with van der Waals surface area (Å²) >= 11 is 2.57. The molecular formula is C32H28N2O11S3. The van der Waals surface area contributed by atoms with Crippen LogP contribution in [0.25, 0.3) is 5.57 Å². The highest BCUT2D eigenvalue weighted by Crippen LogP contribution is 2.71. The van der Waals surface area contributed by atoms with E-state index in [4.69, 9.17) is 18.9 Å². The van der Waals surface area contributed by atoms with Crippen LogP contribution in [0, 0.1) is 17.0 Å². The molecule has 0 unspecified atom stereocenters. The zero-order chi connectivity index (χ0) is 35.3. The molecule has 1 spiro atoms. The number of aryl methyl sites for hydroxylation is 1. The molecule has 16 heteroatoms. The molecule has 0 saturated heterocycles. The molecule has 5 rings (SSSR count). The maximum atomic E-state index is 14.4. The number of carbonyl (C=O) groups excluding carboxylic acids is 5. The van der Waals surface area contributed by atoms with Gasteiger partial charge in [-0.3, -0.25) is 19.8 Å². The molecule has 3 heterocycles. The minimum absolute atomic E-state index is 0.157. The molecule has 48 heavy (non-hydrogen) atoms. The molecule has 0 radical (unpaired) electrons. The van der Waals surface area contributed by atoms with Crippen molar-refractivity contribution < 1.29 is 47.8 Å². The zero-order valence-electron chi connectivity index (χ0n) is 26.7. The summed E-state index contributed by atoms with van der Waals surface area (Å²) < 4.78 is 18.6. The van der Waals surface area contributed by atoms with Crippen molar-refractivity contribution in [1.82, 2.24) is 0 Å². The van der Waals surface area contributed by atoms with Crippen LogP contribution in [0.1, 0.15) is 35.3 Å². The van der Waals surface area contributed by atoms with Gasteiger partial charge in [-0.1, -0.05) is 46.9 Å². The molecule has 0 aromatic heterocycles. The molecule has 0 N–H and O–H groups in total. The van der Waals surface area contributed by atoms with Gasteiger partial charge in [-0.05, 0) is 45.0 Å². The number of carbonyl (C=O) groups is 5. The van der Waals surface area contributed by atoms with Crippen molar-refractivity contribution in [2.75, 3.05) is 33.3 Å². The summed E-state index contributed by atoms with van der Waals surface area (Å²) in [5, 5.41) is 11.3. The number of nitro benzene ring substituents is 1. The van der Waals surface area contributed by atoms with Gasteiger partial charge in [-0.2, -0.15) is 0 Å². The third-order valence-corrected chi connectivity index (χ3v) is 12.5. The molecule has 0 atom stereocenters. The number of ether oxygens (including phenoxy) is 4. The number of nitro groups is 1. The molecule has 2 aromatic rings. The highest BCUT2D eigenvalue weighted by atomic mass is 32.2.